The fourth-order valence-electron chi connectivity index (χ4n) is 1.30. The van der Waals surface area contributed by atoms with Crippen LogP contribution in [0.3, 0.4) is 0 Å². The van der Waals surface area contributed by atoms with Gasteiger partial charge in [-0.15, -0.1) is 0 Å². The van der Waals surface area contributed by atoms with Crippen LogP contribution in [0.5, 0.6) is 5.75 Å². The number of unbranched alkanes of at least 4 members (excludes halogenated alkanes) is 3. The molecule has 0 aliphatic rings. The number of hydrogen-bond donors (Lipinski definition) is 0. The Bertz CT molecular complexity index is 418. The molecule has 0 radical (unpaired) electrons. The molecule has 0 aromatic heterocycles. The lowest BCUT2D eigenvalue weighted by atomic mass is 10.2. The molecule has 0 saturated carbocycles. The highest BCUT2D eigenvalue weighted by molar-refractivity contribution is 9.10. The molecule has 0 amide bonds. The first kappa shape index (κ1) is 13.9. The number of nitriles is 1. The number of hydrogen-bond acceptors (Lipinski definition) is 2. The molecule has 1 aromatic carbocycles. The van der Waals surface area contributed by atoms with E-state index in [-0.39, 0.29) is 5.75 Å². The van der Waals surface area contributed by atoms with Crippen LogP contribution in [0.15, 0.2) is 16.6 Å². The minimum Gasteiger partial charge on any atom is -0.490 e. The molecule has 92 valence electrons. The standard InChI is InChI=1S/C12H12BrF2NO/c13-9-7-10(14)12(15)11(8-9)17-6-4-2-1-3-5-16/h7-8H,1-4,6H2. The number of rotatable bonds is 6. The van der Waals surface area contributed by atoms with Gasteiger partial charge in [0.1, 0.15) is 0 Å². The fraction of sp³-hybridized carbons (Fsp3) is 0.417. The van der Waals surface area contributed by atoms with Gasteiger partial charge in [0.15, 0.2) is 11.6 Å². The summed E-state index contributed by atoms with van der Waals surface area (Å²) in [5, 5.41) is 8.32. The van der Waals surface area contributed by atoms with Crippen LogP contribution in [0.25, 0.3) is 0 Å². The SMILES string of the molecule is N#CCCCCCOc1cc(Br)cc(F)c1F. The number of halogens is 3. The molecule has 0 atom stereocenters. The predicted octanol–water partition coefficient (Wildman–Crippen LogP) is 4.19. The molecule has 17 heavy (non-hydrogen) atoms. The summed E-state index contributed by atoms with van der Waals surface area (Å²) >= 11 is 3.07. The Morgan fingerprint density at radius 3 is 2.71 bits per heavy atom. The van der Waals surface area contributed by atoms with Gasteiger partial charge in [0, 0.05) is 10.9 Å². The van der Waals surface area contributed by atoms with Crippen molar-refractivity contribution in [1.82, 2.24) is 0 Å². The summed E-state index contributed by atoms with van der Waals surface area (Å²) in [6, 6.07) is 4.49. The Balaban J connectivity index is 2.39. The van der Waals surface area contributed by atoms with E-state index in [9.17, 15) is 8.78 Å². The van der Waals surface area contributed by atoms with E-state index in [0.717, 1.165) is 25.3 Å². The average molecular weight is 304 g/mol. The van der Waals surface area contributed by atoms with E-state index in [1.807, 2.05) is 6.07 Å². The maximum Gasteiger partial charge on any atom is 0.200 e. The molecule has 1 rings (SSSR count). The van der Waals surface area contributed by atoms with Crippen molar-refractivity contribution in [2.75, 3.05) is 6.61 Å². The van der Waals surface area contributed by atoms with Crippen molar-refractivity contribution < 1.29 is 13.5 Å². The summed E-state index contributed by atoms with van der Waals surface area (Å²) in [5.41, 5.74) is 0. The van der Waals surface area contributed by atoms with Crippen molar-refractivity contribution in [3.8, 4) is 11.8 Å². The molecule has 5 heteroatoms. The van der Waals surface area contributed by atoms with E-state index < -0.39 is 11.6 Å². The van der Waals surface area contributed by atoms with Crippen molar-refractivity contribution in [2.45, 2.75) is 25.7 Å². The molecular weight excluding hydrogens is 292 g/mol. The van der Waals surface area contributed by atoms with E-state index >= 15 is 0 Å². The van der Waals surface area contributed by atoms with Gasteiger partial charge in [-0.3, -0.25) is 0 Å². The Morgan fingerprint density at radius 2 is 2.00 bits per heavy atom. The lowest BCUT2D eigenvalue weighted by Gasteiger charge is -2.07. The van der Waals surface area contributed by atoms with Gasteiger partial charge in [-0.05, 0) is 31.4 Å². The number of nitrogens with zero attached hydrogens (tertiary/aromatic N) is 1. The molecule has 0 spiro atoms. The van der Waals surface area contributed by atoms with Gasteiger partial charge in [0.05, 0.1) is 12.7 Å². The highest BCUT2D eigenvalue weighted by Crippen LogP contribution is 2.25. The lowest BCUT2D eigenvalue weighted by molar-refractivity contribution is 0.285. The second-order valence-electron chi connectivity index (χ2n) is 3.52. The molecule has 0 aliphatic heterocycles. The van der Waals surface area contributed by atoms with Crippen molar-refractivity contribution in [2.24, 2.45) is 0 Å². The van der Waals surface area contributed by atoms with E-state index in [1.165, 1.54) is 6.07 Å². The summed E-state index contributed by atoms with van der Waals surface area (Å²) in [4.78, 5) is 0. The average Bonchev–Trinajstić information content (AvgIpc) is 2.29. The zero-order valence-corrected chi connectivity index (χ0v) is 10.8. The highest BCUT2D eigenvalue weighted by Gasteiger charge is 2.10. The van der Waals surface area contributed by atoms with Gasteiger partial charge in [-0.1, -0.05) is 15.9 Å². The van der Waals surface area contributed by atoms with Crippen LogP contribution >= 0.6 is 15.9 Å². The van der Waals surface area contributed by atoms with Crippen LogP contribution in [0, 0.1) is 23.0 Å². The van der Waals surface area contributed by atoms with Crippen molar-refractivity contribution in [3.05, 3.63) is 28.2 Å². The van der Waals surface area contributed by atoms with Gasteiger partial charge in [-0.25, -0.2) is 4.39 Å². The monoisotopic (exact) mass is 303 g/mol. The van der Waals surface area contributed by atoms with E-state index in [2.05, 4.69) is 15.9 Å². The smallest absolute Gasteiger partial charge is 0.200 e. The third kappa shape index (κ3) is 4.70. The molecule has 2 nitrogen and oxygen atoms in total. The maximum absolute atomic E-state index is 13.2. The Kier molecular flexibility index (Phi) is 5.92. The molecule has 0 fully saturated rings. The zero-order valence-electron chi connectivity index (χ0n) is 9.18. The minimum absolute atomic E-state index is 0.0860. The summed E-state index contributed by atoms with van der Waals surface area (Å²) in [5.74, 6) is -1.98. The molecule has 0 bridgehead atoms. The molecule has 0 aliphatic carbocycles. The second-order valence-corrected chi connectivity index (χ2v) is 4.43. The number of ether oxygens (including phenoxy) is 1. The summed E-state index contributed by atoms with van der Waals surface area (Å²) in [6.07, 6.45) is 2.87. The summed E-state index contributed by atoms with van der Waals surface area (Å²) < 4.78 is 31.8. The fourth-order valence-corrected chi connectivity index (χ4v) is 1.71. The van der Waals surface area contributed by atoms with Crippen LogP contribution in [0.1, 0.15) is 25.7 Å². The molecule has 0 N–H and O–H groups in total. The lowest BCUT2D eigenvalue weighted by Crippen LogP contribution is -2.00. The Hall–Kier alpha value is -1.15. The molecule has 0 heterocycles. The van der Waals surface area contributed by atoms with Crippen LogP contribution in [-0.2, 0) is 0 Å². The van der Waals surface area contributed by atoms with E-state index in [0.29, 0.717) is 17.5 Å². The van der Waals surface area contributed by atoms with Crippen LogP contribution < -0.4 is 4.74 Å². The third-order valence-electron chi connectivity index (χ3n) is 2.15. The maximum atomic E-state index is 13.2. The van der Waals surface area contributed by atoms with E-state index in [4.69, 9.17) is 10.00 Å². The van der Waals surface area contributed by atoms with Crippen molar-refractivity contribution in [1.29, 1.82) is 5.26 Å². The quantitative estimate of drug-likeness (QED) is 0.583. The van der Waals surface area contributed by atoms with Crippen molar-refractivity contribution >= 4 is 15.9 Å². The first-order valence-corrected chi connectivity index (χ1v) is 6.08. The topological polar surface area (TPSA) is 33.0 Å². The van der Waals surface area contributed by atoms with Gasteiger partial charge >= 0.3 is 0 Å². The zero-order chi connectivity index (χ0) is 12.7. The summed E-state index contributed by atoms with van der Waals surface area (Å²) in [7, 11) is 0. The molecule has 0 unspecified atom stereocenters. The normalized spacial score (nSPS) is 10.0. The minimum atomic E-state index is -0.967. The Labute approximate surface area is 107 Å². The second kappa shape index (κ2) is 7.23. The van der Waals surface area contributed by atoms with Crippen LogP contribution in [0.2, 0.25) is 0 Å². The van der Waals surface area contributed by atoms with Gasteiger partial charge in [-0.2, -0.15) is 9.65 Å². The number of benzene rings is 1. The Morgan fingerprint density at radius 1 is 1.24 bits per heavy atom. The van der Waals surface area contributed by atoms with E-state index in [1.54, 1.807) is 0 Å². The highest BCUT2D eigenvalue weighted by atomic mass is 79.9. The first-order valence-electron chi connectivity index (χ1n) is 5.29. The third-order valence-corrected chi connectivity index (χ3v) is 2.61. The molecule has 1 aromatic rings. The predicted molar refractivity (Wildman–Crippen MR) is 63.6 cm³/mol. The van der Waals surface area contributed by atoms with Gasteiger partial charge < -0.3 is 4.74 Å². The van der Waals surface area contributed by atoms with Crippen LogP contribution in [-0.4, -0.2) is 6.61 Å². The van der Waals surface area contributed by atoms with Gasteiger partial charge in [0.2, 0.25) is 5.82 Å². The van der Waals surface area contributed by atoms with Crippen LogP contribution in [0.4, 0.5) is 8.78 Å². The summed E-state index contributed by atoms with van der Waals surface area (Å²) in [6.45, 7) is 0.318. The van der Waals surface area contributed by atoms with Gasteiger partial charge in [0.25, 0.3) is 0 Å². The molecular formula is C12H12BrF2NO. The molecule has 0 saturated heterocycles. The first-order chi connectivity index (χ1) is 8.15. The largest absolute Gasteiger partial charge is 0.490 e. The van der Waals surface area contributed by atoms with Crippen molar-refractivity contribution in [3.63, 3.8) is 0 Å².